The van der Waals surface area contributed by atoms with E-state index in [0.717, 1.165) is 57.7 Å². The Bertz CT molecular complexity index is 419. The number of nitrogens with zero attached hydrogens (tertiary/aromatic N) is 3. The molecule has 1 unspecified atom stereocenters. The average Bonchev–Trinajstić information content (AvgIpc) is 3.14. The molecule has 3 heterocycles. The predicted octanol–water partition coefficient (Wildman–Crippen LogP) is 2.03. The minimum absolute atomic E-state index is 0.306. The van der Waals surface area contributed by atoms with Crippen LogP contribution in [0.3, 0.4) is 0 Å². The molecule has 0 amide bonds. The summed E-state index contributed by atoms with van der Waals surface area (Å²) in [4.78, 5) is 9.74. The van der Waals surface area contributed by atoms with Gasteiger partial charge >= 0.3 is 0 Å². The van der Waals surface area contributed by atoms with Gasteiger partial charge in [0.1, 0.15) is 0 Å². The number of thioether (sulfide) groups is 1. The number of guanidine groups is 1. The fourth-order valence-electron chi connectivity index (χ4n) is 4.28. The van der Waals surface area contributed by atoms with E-state index < -0.39 is 0 Å². The minimum atomic E-state index is 0.306. The van der Waals surface area contributed by atoms with Gasteiger partial charge in [0.05, 0.1) is 0 Å². The molecule has 3 rings (SSSR count). The quantitative estimate of drug-likeness (QED) is 0.618. The smallest absolute Gasteiger partial charge is 0.193 e. The third-order valence-corrected chi connectivity index (χ3v) is 7.41. The van der Waals surface area contributed by atoms with E-state index in [0.29, 0.717) is 4.75 Å². The highest BCUT2D eigenvalue weighted by atomic mass is 32.2. The highest BCUT2D eigenvalue weighted by molar-refractivity contribution is 8.00. The van der Waals surface area contributed by atoms with Crippen molar-refractivity contribution in [2.75, 3.05) is 59.2 Å². The Morgan fingerprint density at radius 2 is 1.96 bits per heavy atom. The number of ether oxygens (including phenoxy) is 1. The number of likely N-dealkylation sites (tertiary alicyclic amines) is 2. The average molecular weight is 355 g/mol. The van der Waals surface area contributed by atoms with E-state index in [-0.39, 0.29) is 0 Å². The zero-order chi connectivity index (χ0) is 16.8. The van der Waals surface area contributed by atoms with E-state index in [1.807, 2.05) is 18.8 Å². The van der Waals surface area contributed by atoms with Crippen LogP contribution in [0.25, 0.3) is 0 Å². The van der Waals surface area contributed by atoms with E-state index in [1.165, 1.54) is 38.8 Å². The second-order valence-corrected chi connectivity index (χ2v) is 8.66. The van der Waals surface area contributed by atoms with Gasteiger partial charge in [-0.3, -0.25) is 9.89 Å². The molecule has 0 aromatic carbocycles. The Labute approximate surface area is 151 Å². The van der Waals surface area contributed by atoms with Crippen molar-refractivity contribution in [3.8, 4) is 0 Å². The summed E-state index contributed by atoms with van der Waals surface area (Å²) in [5, 5.41) is 3.68. The van der Waals surface area contributed by atoms with Crippen LogP contribution in [0.4, 0.5) is 0 Å². The molecule has 0 radical (unpaired) electrons. The van der Waals surface area contributed by atoms with Gasteiger partial charge in [0.15, 0.2) is 5.96 Å². The first kappa shape index (κ1) is 18.3. The lowest BCUT2D eigenvalue weighted by molar-refractivity contribution is 0.0781. The van der Waals surface area contributed by atoms with Crippen molar-refractivity contribution in [1.29, 1.82) is 0 Å². The zero-order valence-electron chi connectivity index (χ0n) is 15.4. The monoisotopic (exact) mass is 354 g/mol. The van der Waals surface area contributed by atoms with Crippen LogP contribution in [0.2, 0.25) is 0 Å². The van der Waals surface area contributed by atoms with Crippen molar-refractivity contribution in [2.24, 2.45) is 4.99 Å². The number of nitrogens with one attached hydrogen (secondary N) is 1. The summed E-state index contributed by atoms with van der Waals surface area (Å²) in [6.07, 6.45) is 9.95. The van der Waals surface area contributed by atoms with Crippen LogP contribution in [0.5, 0.6) is 0 Å². The van der Waals surface area contributed by atoms with E-state index in [2.05, 4.69) is 26.4 Å². The number of hydrogen-bond donors (Lipinski definition) is 1. The molecular weight excluding hydrogens is 320 g/mol. The molecule has 3 saturated heterocycles. The van der Waals surface area contributed by atoms with Crippen molar-refractivity contribution < 1.29 is 4.74 Å². The number of piperidine rings is 1. The van der Waals surface area contributed by atoms with E-state index >= 15 is 0 Å². The third kappa shape index (κ3) is 4.38. The van der Waals surface area contributed by atoms with Gasteiger partial charge in [-0.15, -0.1) is 0 Å². The Hall–Kier alpha value is -0.460. The first-order chi connectivity index (χ1) is 11.8. The van der Waals surface area contributed by atoms with Gasteiger partial charge in [0, 0.05) is 50.7 Å². The molecule has 5 nitrogen and oxygen atoms in total. The number of rotatable bonds is 4. The summed E-state index contributed by atoms with van der Waals surface area (Å²) in [5.74, 6) is 1.09. The van der Waals surface area contributed by atoms with E-state index in [4.69, 9.17) is 4.74 Å². The third-order valence-electron chi connectivity index (χ3n) is 5.99. The van der Waals surface area contributed by atoms with Crippen molar-refractivity contribution in [2.45, 2.75) is 49.3 Å². The van der Waals surface area contributed by atoms with E-state index in [9.17, 15) is 0 Å². The second kappa shape index (κ2) is 8.77. The fraction of sp³-hybridized carbons (Fsp3) is 0.944. The molecule has 0 aliphatic carbocycles. The van der Waals surface area contributed by atoms with Gasteiger partial charge in [-0.25, -0.2) is 0 Å². The van der Waals surface area contributed by atoms with Crippen molar-refractivity contribution >= 4 is 17.7 Å². The Morgan fingerprint density at radius 3 is 2.62 bits per heavy atom. The molecule has 3 aliphatic heterocycles. The van der Waals surface area contributed by atoms with Crippen molar-refractivity contribution in [1.82, 2.24) is 15.1 Å². The Morgan fingerprint density at radius 1 is 1.21 bits per heavy atom. The normalized spacial score (nSPS) is 29.0. The summed E-state index contributed by atoms with van der Waals surface area (Å²) >= 11 is 1.99. The molecule has 1 N–H and O–H groups in total. The van der Waals surface area contributed by atoms with Gasteiger partial charge in [-0.1, -0.05) is 6.42 Å². The standard InChI is InChI=1S/C18H34N4OS/c1-19-17(20-15-18(24-2)7-12-23-13-8-18)22-11-6-16(14-22)21-9-4-3-5-10-21/h16H,3-15H2,1-2H3,(H,19,20). The van der Waals surface area contributed by atoms with Crippen LogP contribution in [0.15, 0.2) is 4.99 Å². The Kier molecular flexibility index (Phi) is 6.70. The largest absolute Gasteiger partial charge is 0.381 e. The van der Waals surface area contributed by atoms with Gasteiger partial charge in [0.2, 0.25) is 0 Å². The highest BCUT2D eigenvalue weighted by Crippen LogP contribution is 2.33. The van der Waals surface area contributed by atoms with Crippen LogP contribution >= 0.6 is 11.8 Å². The molecule has 0 aromatic rings. The molecule has 0 aromatic heterocycles. The Balaban J connectivity index is 1.51. The lowest BCUT2D eigenvalue weighted by Crippen LogP contribution is -2.49. The maximum Gasteiger partial charge on any atom is 0.193 e. The molecule has 3 aliphatic rings. The van der Waals surface area contributed by atoms with Crippen LogP contribution in [0.1, 0.15) is 38.5 Å². The zero-order valence-corrected chi connectivity index (χ0v) is 16.2. The predicted molar refractivity (Wildman–Crippen MR) is 103 cm³/mol. The highest BCUT2D eigenvalue weighted by Gasteiger charge is 2.34. The summed E-state index contributed by atoms with van der Waals surface area (Å²) in [7, 11) is 1.92. The molecule has 0 spiro atoms. The molecule has 6 heteroatoms. The second-order valence-electron chi connectivity index (χ2n) is 7.39. The maximum atomic E-state index is 5.55. The first-order valence-corrected chi connectivity index (χ1v) is 10.8. The molecule has 3 fully saturated rings. The van der Waals surface area contributed by atoms with Gasteiger partial charge < -0.3 is 15.0 Å². The summed E-state index contributed by atoms with van der Waals surface area (Å²) in [6.45, 7) is 7.63. The van der Waals surface area contributed by atoms with Crippen LogP contribution in [0, 0.1) is 0 Å². The van der Waals surface area contributed by atoms with Gasteiger partial charge in [-0.2, -0.15) is 11.8 Å². The molecule has 24 heavy (non-hydrogen) atoms. The van der Waals surface area contributed by atoms with Crippen molar-refractivity contribution in [3.05, 3.63) is 0 Å². The lowest BCUT2D eigenvalue weighted by atomic mass is 9.99. The van der Waals surface area contributed by atoms with E-state index in [1.54, 1.807) is 0 Å². The lowest BCUT2D eigenvalue weighted by Gasteiger charge is -2.37. The molecule has 138 valence electrons. The molecular formula is C18H34N4OS. The number of hydrogen-bond acceptors (Lipinski definition) is 4. The summed E-state index contributed by atoms with van der Waals surface area (Å²) < 4.78 is 5.86. The van der Waals surface area contributed by atoms with Crippen molar-refractivity contribution in [3.63, 3.8) is 0 Å². The summed E-state index contributed by atoms with van der Waals surface area (Å²) in [6, 6.07) is 0.724. The van der Waals surface area contributed by atoms with Crippen LogP contribution in [-0.2, 0) is 4.74 Å². The maximum absolute atomic E-state index is 5.55. The molecule has 0 saturated carbocycles. The number of aliphatic imine (C=N–C) groups is 1. The SMILES string of the molecule is CN=C(NCC1(SC)CCOCC1)N1CCC(N2CCCCC2)C1. The van der Waals surface area contributed by atoms with Crippen LogP contribution in [-0.4, -0.2) is 85.8 Å². The van der Waals surface area contributed by atoms with Gasteiger partial charge in [0.25, 0.3) is 0 Å². The van der Waals surface area contributed by atoms with Crippen LogP contribution < -0.4 is 5.32 Å². The topological polar surface area (TPSA) is 40.1 Å². The molecule has 0 bridgehead atoms. The first-order valence-electron chi connectivity index (χ1n) is 9.59. The fourth-order valence-corrected chi connectivity index (χ4v) is 5.08. The van der Waals surface area contributed by atoms with Gasteiger partial charge in [-0.05, 0) is 51.4 Å². The summed E-state index contributed by atoms with van der Waals surface area (Å²) in [5.41, 5.74) is 0. The molecule has 1 atom stereocenters. The minimum Gasteiger partial charge on any atom is -0.381 e.